The number of halogens is 2. The minimum Gasteiger partial charge on any atom is -0.358 e. The standard InChI is InChI=1S/C11H9ClFNO/c1-5-9(6(2)15)10-8(14-5)4-3-7(12)11(10)13/h3-4,14H,1-2H3. The van der Waals surface area contributed by atoms with Crippen LogP contribution in [0.15, 0.2) is 12.1 Å². The number of Topliss-reactive ketones (excluding diaryl/α,β-unsaturated/α-hetero) is 1. The molecule has 15 heavy (non-hydrogen) atoms. The molecule has 2 aromatic rings. The first-order chi connectivity index (χ1) is 7.02. The quantitative estimate of drug-likeness (QED) is 0.741. The van der Waals surface area contributed by atoms with Gasteiger partial charge in [-0.2, -0.15) is 0 Å². The Morgan fingerprint density at radius 2 is 2.13 bits per heavy atom. The van der Waals surface area contributed by atoms with Gasteiger partial charge >= 0.3 is 0 Å². The Bertz CT molecular complexity index is 559. The lowest BCUT2D eigenvalue weighted by molar-refractivity contribution is 0.101. The van der Waals surface area contributed by atoms with Gasteiger partial charge in [0.05, 0.1) is 5.02 Å². The van der Waals surface area contributed by atoms with E-state index in [4.69, 9.17) is 11.6 Å². The molecule has 2 rings (SSSR count). The van der Waals surface area contributed by atoms with Gasteiger partial charge in [-0.1, -0.05) is 11.6 Å². The maximum Gasteiger partial charge on any atom is 0.162 e. The zero-order chi connectivity index (χ0) is 11.2. The Hall–Kier alpha value is -1.35. The number of benzene rings is 1. The molecule has 0 spiro atoms. The summed E-state index contributed by atoms with van der Waals surface area (Å²) in [6, 6.07) is 3.14. The van der Waals surface area contributed by atoms with E-state index in [1.165, 1.54) is 13.0 Å². The molecule has 1 N–H and O–H groups in total. The molecule has 0 saturated carbocycles. The van der Waals surface area contributed by atoms with Gasteiger partial charge in [-0.3, -0.25) is 4.79 Å². The van der Waals surface area contributed by atoms with Crippen LogP contribution in [0, 0.1) is 12.7 Å². The van der Waals surface area contributed by atoms with Crippen LogP contribution >= 0.6 is 11.6 Å². The Morgan fingerprint density at radius 1 is 1.47 bits per heavy atom. The number of hydrogen-bond acceptors (Lipinski definition) is 1. The number of ketones is 1. The predicted molar refractivity (Wildman–Crippen MR) is 58.0 cm³/mol. The molecule has 0 atom stereocenters. The summed E-state index contributed by atoms with van der Waals surface area (Å²) in [6.07, 6.45) is 0. The van der Waals surface area contributed by atoms with Crippen LogP contribution in [-0.4, -0.2) is 10.8 Å². The average molecular weight is 226 g/mol. The number of aryl methyl sites for hydroxylation is 1. The molecule has 1 heterocycles. The molecule has 78 valence electrons. The molecule has 0 bridgehead atoms. The highest BCUT2D eigenvalue weighted by atomic mass is 35.5. The van der Waals surface area contributed by atoms with Crippen molar-refractivity contribution >= 4 is 28.3 Å². The number of rotatable bonds is 1. The third kappa shape index (κ3) is 1.43. The number of carbonyl (C=O) groups excluding carboxylic acids is 1. The molecule has 2 nitrogen and oxygen atoms in total. The number of H-pyrrole nitrogens is 1. The third-order valence-corrected chi connectivity index (χ3v) is 2.69. The highest BCUT2D eigenvalue weighted by Crippen LogP contribution is 2.29. The molecule has 0 amide bonds. The van der Waals surface area contributed by atoms with Gasteiger partial charge in [0.2, 0.25) is 0 Å². The molecule has 1 aromatic carbocycles. The summed E-state index contributed by atoms with van der Waals surface area (Å²) in [4.78, 5) is 14.3. The Kier molecular flexibility index (Phi) is 2.27. The largest absolute Gasteiger partial charge is 0.358 e. The molecule has 0 radical (unpaired) electrons. The van der Waals surface area contributed by atoms with Crippen LogP contribution in [-0.2, 0) is 0 Å². The highest BCUT2D eigenvalue weighted by molar-refractivity contribution is 6.31. The molecule has 4 heteroatoms. The molecular formula is C11H9ClFNO. The van der Waals surface area contributed by atoms with Gasteiger partial charge < -0.3 is 4.98 Å². The van der Waals surface area contributed by atoms with Crippen molar-refractivity contribution in [2.24, 2.45) is 0 Å². The highest BCUT2D eigenvalue weighted by Gasteiger charge is 2.17. The summed E-state index contributed by atoms with van der Waals surface area (Å²) < 4.78 is 13.7. The lowest BCUT2D eigenvalue weighted by Gasteiger charge is -1.98. The van der Waals surface area contributed by atoms with E-state index in [1.807, 2.05) is 0 Å². The molecule has 0 aliphatic carbocycles. The summed E-state index contributed by atoms with van der Waals surface area (Å²) in [6.45, 7) is 3.15. The second kappa shape index (κ2) is 3.35. The van der Waals surface area contributed by atoms with E-state index in [1.54, 1.807) is 13.0 Å². The fraction of sp³-hybridized carbons (Fsp3) is 0.182. The molecule has 1 aromatic heterocycles. The molecule has 0 saturated heterocycles. The smallest absolute Gasteiger partial charge is 0.162 e. The van der Waals surface area contributed by atoms with E-state index in [2.05, 4.69) is 4.98 Å². The molecule has 0 aliphatic rings. The minimum absolute atomic E-state index is 0.0315. The van der Waals surface area contributed by atoms with Gasteiger partial charge in [0.25, 0.3) is 0 Å². The van der Waals surface area contributed by atoms with Crippen LogP contribution in [0.25, 0.3) is 10.9 Å². The fourth-order valence-corrected chi connectivity index (χ4v) is 1.95. The van der Waals surface area contributed by atoms with Crippen molar-refractivity contribution in [1.29, 1.82) is 0 Å². The monoisotopic (exact) mass is 225 g/mol. The SMILES string of the molecule is CC(=O)c1c(C)[nH]c2ccc(Cl)c(F)c12. The maximum absolute atomic E-state index is 13.7. The van der Waals surface area contributed by atoms with Crippen LogP contribution in [0.3, 0.4) is 0 Å². The molecule has 0 unspecified atom stereocenters. The van der Waals surface area contributed by atoms with Gasteiger partial charge in [-0.05, 0) is 26.0 Å². The topological polar surface area (TPSA) is 32.9 Å². The lowest BCUT2D eigenvalue weighted by Crippen LogP contribution is -1.94. The Labute approximate surface area is 91.0 Å². The first-order valence-electron chi connectivity index (χ1n) is 4.49. The van der Waals surface area contributed by atoms with E-state index < -0.39 is 5.82 Å². The number of aromatic nitrogens is 1. The summed E-state index contributed by atoms with van der Waals surface area (Å²) in [5, 5.41) is 0.316. The third-order valence-electron chi connectivity index (χ3n) is 2.39. The molecular weight excluding hydrogens is 217 g/mol. The first-order valence-corrected chi connectivity index (χ1v) is 4.87. The molecule has 0 aliphatic heterocycles. The number of aromatic amines is 1. The van der Waals surface area contributed by atoms with Gasteiger partial charge in [0, 0.05) is 22.2 Å². The van der Waals surface area contributed by atoms with Crippen molar-refractivity contribution in [2.75, 3.05) is 0 Å². The van der Waals surface area contributed by atoms with Crippen molar-refractivity contribution in [3.05, 3.63) is 34.2 Å². The van der Waals surface area contributed by atoms with Crippen molar-refractivity contribution in [2.45, 2.75) is 13.8 Å². The number of hydrogen-bond donors (Lipinski definition) is 1. The predicted octanol–water partition coefficient (Wildman–Crippen LogP) is 3.47. The number of fused-ring (bicyclic) bond motifs is 1. The van der Waals surface area contributed by atoms with Crippen LogP contribution in [0.2, 0.25) is 5.02 Å². The van der Waals surface area contributed by atoms with Crippen LogP contribution in [0.5, 0.6) is 0 Å². The van der Waals surface area contributed by atoms with E-state index in [-0.39, 0.29) is 16.2 Å². The second-order valence-corrected chi connectivity index (χ2v) is 3.87. The van der Waals surface area contributed by atoms with Gasteiger partial charge in [0.1, 0.15) is 0 Å². The van der Waals surface area contributed by atoms with E-state index >= 15 is 0 Å². The molecule has 0 fully saturated rings. The van der Waals surface area contributed by atoms with Crippen molar-refractivity contribution in [1.82, 2.24) is 4.98 Å². The zero-order valence-corrected chi connectivity index (χ0v) is 9.07. The van der Waals surface area contributed by atoms with E-state index in [9.17, 15) is 9.18 Å². The maximum atomic E-state index is 13.7. The summed E-state index contributed by atoms with van der Waals surface area (Å²) in [7, 11) is 0. The van der Waals surface area contributed by atoms with Crippen LogP contribution in [0.1, 0.15) is 23.0 Å². The van der Waals surface area contributed by atoms with Crippen LogP contribution < -0.4 is 0 Å². The normalized spacial score (nSPS) is 10.9. The minimum atomic E-state index is -0.538. The summed E-state index contributed by atoms with van der Waals surface area (Å²) in [5.74, 6) is -0.705. The van der Waals surface area contributed by atoms with Crippen molar-refractivity contribution in [3.63, 3.8) is 0 Å². The van der Waals surface area contributed by atoms with Gasteiger partial charge in [0.15, 0.2) is 11.6 Å². The van der Waals surface area contributed by atoms with Crippen molar-refractivity contribution in [3.8, 4) is 0 Å². The number of carbonyl (C=O) groups is 1. The van der Waals surface area contributed by atoms with Gasteiger partial charge in [-0.25, -0.2) is 4.39 Å². The van der Waals surface area contributed by atoms with E-state index in [0.717, 1.165) is 0 Å². The Morgan fingerprint density at radius 3 is 2.73 bits per heavy atom. The lowest BCUT2D eigenvalue weighted by atomic mass is 10.1. The average Bonchev–Trinajstić information content (AvgIpc) is 2.49. The van der Waals surface area contributed by atoms with E-state index in [0.29, 0.717) is 16.8 Å². The summed E-state index contributed by atoms with van der Waals surface area (Å²) >= 11 is 5.67. The second-order valence-electron chi connectivity index (χ2n) is 3.47. The van der Waals surface area contributed by atoms with Crippen molar-refractivity contribution < 1.29 is 9.18 Å². The summed E-state index contributed by atoms with van der Waals surface area (Å²) in [5.41, 5.74) is 1.64. The van der Waals surface area contributed by atoms with Crippen LogP contribution in [0.4, 0.5) is 4.39 Å². The first kappa shape index (κ1) is 10.2. The zero-order valence-electron chi connectivity index (χ0n) is 8.32. The Balaban J connectivity index is 2.96. The number of nitrogens with one attached hydrogen (secondary N) is 1. The van der Waals surface area contributed by atoms with Gasteiger partial charge in [-0.15, -0.1) is 0 Å². The fourth-order valence-electron chi connectivity index (χ4n) is 1.79.